The van der Waals surface area contributed by atoms with Crippen molar-refractivity contribution in [1.29, 1.82) is 0 Å². The van der Waals surface area contributed by atoms with Gasteiger partial charge in [0.1, 0.15) is 11.6 Å². The molecule has 0 spiro atoms. The Kier molecular flexibility index (Phi) is 5.16. The zero-order valence-electron chi connectivity index (χ0n) is 16.0. The summed E-state index contributed by atoms with van der Waals surface area (Å²) in [7, 11) is -2.27. The summed E-state index contributed by atoms with van der Waals surface area (Å²) in [4.78, 5) is 11.6. The molecule has 4 rings (SSSR count). The van der Waals surface area contributed by atoms with Crippen LogP contribution < -0.4 is 5.32 Å². The second kappa shape index (κ2) is 7.49. The van der Waals surface area contributed by atoms with Crippen LogP contribution in [0.4, 0.5) is 8.78 Å². The predicted octanol–water partition coefficient (Wildman–Crippen LogP) is 1.66. The number of hydrogen-bond acceptors (Lipinski definition) is 4. The SMILES string of the molecule is Cn1nc(CCC(=O)NC2CC2)c2c1CCN(S(=O)(=O)c1cc(F)cc(F)c1)C2. The third-order valence-electron chi connectivity index (χ3n) is 5.30. The molecule has 0 radical (unpaired) electrons. The van der Waals surface area contributed by atoms with Crippen molar-refractivity contribution < 1.29 is 22.0 Å². The van der Waals surface area contributed by atoms with E-state index in [0.29, 0.717) is 24.6 Å². The van der Waals surface area contributed by atoms with Gasteiger partial charge in [0.15, 0.2) is 0 Å². The number of nitrogens with zero attached hydrogens (tertiary/aromatic N) is 3. The summed E-state index contributed by atoms with van der Waals surface area (Å²) in [5.41, 5.74) is 2.36. The number of aromatic nitrogens is 2. The van der Waals surface area contributed by atoms with Gasteiger partial charge in [0.05, 0.1) is 10.6 Å². The van der Waals surface area contributed by atoms with Crippen molar-refractivity contribution in [3.8, 4) is 0 Å². The molecule has 29 heavy (non-hydrogen) atoms. The summed E-state index contributed by atoms with van der Waals surface area (Å²) in [6, 6.07) is 2.56. The van der Waals surface area contributed by atoms with Gasteiger partial charge in [-0.1, -0.05) is 0 Å². The van der Waals surface area contributed by atoms with E-state index in [9.17, 15) is 22.0 Å². The number of rotatable bonds is 6. The summed E-state index contributed by atoms with van der Waals surface area (Å²) in [5, 5.41) is 7.40. The molecule has 1 N–H and O–H groups in total. The summed E-state index contributed by atoms with van der Waals surface area (Å²) in [6.07, 6.45) is 3.15. The number of nitrogens with one attached hydrogen (secondary N) is 1. The van der Waals surface area contributed by atoms with Crippen molar-refractivity contribution in [2.45, 2.75) is 49.6 Å². The van der Waals surface area contributed by atoms with Gasteiger partial charge in [-0.15, -0.1) is 0 Å². The minimum Gasteiger partial charge on any atom is -0.353 e. The normalized spacial score (nSPS) is 17.2. The minimum atomic E-state index is -4.06. The molecule has 1 amide bonds. The molecule has 10 heteroatoms. The molecule has 2 aliphatic rings. The minimum absolute atomic E-state index is 0.0394. The molecule has 0 atom stereocenters. The fraction of sp³-hybridized carbons (Fsp3) is 0.474. The van der Waals surface area contributed by atoms with Crippen LogP contribution in [0.2, 0.25) is 0 Å². The second-order valence-electron chi connectivity index (χ2n) is 7.53. The number of halogens is 2. The topological polar surface area (TPSA) is 84.3 Å². The fourth-order valence-corrected chi connectivity index (χ4v) is 5.09. The van der Waals surface area contributed by atoms with E-state index < -0.39 is 26.6 Å². The number of sulfonamides is 1. The number of hydrogen-bond donors (Lipinski definition) is 1. The highest BCUT2D eigenvalue weighted by Crippen LogP contribution is 2.28. The molecule has 0 bridgehead atoms. The Morgan fingerprint density at radius 1 is 1.24 bits per heavy atom. The van der Waals surface area contributed by atoms with E-state index >= 15 is 0 Å². The van der Waals surface area contributed by atoms with Crippen molar-refractivity contribution in [2.75, 3.05) is 6.54 Å². The van der Waals surface area contributed by atoms with Gasteiger partial charge in [-0.25, -0.2) is 17.2 Å². The van der Waals surface area contributed by atoms with Gasteiger partial charge in [0.2, 0.25) is 15.9 Å². The van der Waals surface area contributed by atoms with Crippen LogP contribution in [-0.4, -0.2) is 41.0 Å². The summed E-state index contributed by atoms with van der Waals surface area (Å²) >= 11 is 0. The van der Waals surface area contributed by atoms with Gasteiger partial charge >= 0.3 is 0 Å². The molecule has 1 aromatic heterocycles. The highest BCUT2D eigenvalue weighted by molar-refractivity contribution is 7.89. The van der Waals surface area contributed by atoms with Crippen molar-refractivity contribution in [3.63, 3.8) is 0 Å². The Bertz CT molecular complexity index is 1040. The zero-order valence-corrected chi connectivity index (χ0v) is 16.8. The van der Waals surface area contributed by atoms with E-state index in [1.165, 1.54) is 4.31 Å². The lowest BCUT2D eigenvalue weighted by Crippen LogP contribution is -2.36. The van der Waals surface area contributed by atoms with Crippen LogP contribution in [0.3, 0.4) is 0 Å². The van der Waals surface area contributed by atoms with Crippen molar-refractivity contribution in [2.24, 2.45) is 7.05 Å². The molecular weight excluding hydrogens is 402 g/mol. The lowest BCUT2D eigenvalue weighted by Gasteiger charge is -2.27. The zero-order chi connectivity index (χ0) is 20.8. The summed E-state index contributed by atoms with van der Waals surface area (Å²) in [5.74, 6) is -1.92. The average molecular weight is 424 g/mol. The molecule has 1 aliphatic heterocycles. The molecule has 1 fully saturated rings. The van der Waals surface area contributed by atoms with Crippen LogP contribution in [0.25, 0.3) is 0 Å². The maximum atomic E-state index is 13.5. The molecule has 1 aliphatic carbocycles. The van der Waals surface area contributed by atoms with Gasteiger partial charge < -0.3 is 5.32 Å². The second-order valence-corrected chi connectivity index (χ2v) is 9.47. The fourth-order valence-electron chi connectivity index (χ4n) is 3.64. The van der Waals surface area contributed by atoms with Gasteiger partial charge in [0, 0.05) is 62.8 Å². The number of fused-ring (bicyclic) bond motifs is 1. The maximum absolute atomic E-state index is 13.5. The number of amides is 1. The standard InChI is InChI=1S/C19H22F2N4O3S/c1-24-18-6-7-25(29(27,28)15-9-12(20)8-13(21)10-15)11-16(18)17(23-24)4-5-19(26)22-14-2-3-14/h8-10,14H,2-7,11H2,1H3,(H,22,26). The maximum Gasteiger partial charge on any atom is 0.243 e. The van der Waals surface area contributed by atoms with Crippen molar-refractivity contribution in [3.05, 3.63) is 46.8 Å². The molecular formula is C19H22F2N4O3S. The Labute approximate surface area is 167 Å². The van der Waals surface area contributed by atoms with Crippen LogP contribution in [0.1, 0.15) is 36.2 Å². The van der Waals surface area contributed by atoms with Crippen molar-refractivity contribution >= 4 is 15.9 Å². The molecule has 156 valence electrons. The van der Waals surface area contributed by atoms with E-state index in [-0.39, 0.29) is 31.5 Å². The summed E-state index contributed by atoms with van der Waals surface area (Å²) in [6.45, 7) is 0.248. The first-order chi connectivity index (χ1) is 13.7. The molecule has 1 saturated carbocycles. The third-order valence-corrected chi connectivity index (χ3v) is 7.12. The Hall–Kier alpha value is -2.33. The van der Waals surface area contributed by atoms with Crippen LogP contribution in [0, 0.1) is 11.6 Å². The molecule has 1 aromatic carbocycles. The monoisotopic (exact) mass is 424 g/mol. The largest absolute Gasteiger partial charge is 0.353 e. The molecule has 0 saturated heterocycles. The molecule has 2 heterocycles. The van der Waals surface area contributed by atoms with E-state index in [0.717, 1.165) is 36.2 Å². The lowest BCUT2D eigenvalue weighted by atomic mass is 10.0. The van der Waals surface area contributed by atoms with Gasteiger partial charge in [0.25, 0.3) is 0 Å². The number of carbonyl (C=O) groups excluding carboxylic acids is 1. The molecule has 2 aromatic rings. The first-order valence-electron chi connectivity index (χ1n) is 9.53. The first-order valence-corrected chi connectivity index (χ1v) is 11.0. The summed E-state index contributed by atoms with van der Waals surface area (Å²) < 4.78 is 55.8. The average Bonchev–Trinajstić information content (AvgIpc) is 3.41. The number of benzene rings is 1. The Balaban J connectivity index is 1.54. The van der Waals surface area contributed by atoms with Gasteiger partial charge in [-0.05, 0) is 25.0 Å². The molecule has 7 nitrogen and oxygen atoms in total. The smallest absolute Gasteiger partial charge is 0.243 e. The quantitative estimate of drug-likeness (QED) is 0.764. The number of carbonyl (C=O) groups is 1. The first kappa shape index (κ1) is 20.0. The van der Waals surface area contributed by atoms with Crippen molar-refractivity contribution in [1.82, 2.24) is 19.4 Å². The predicted molar refractivity (Wildman–Crippen MR) is 100 cm³/mol. The lowest BCUT2D eigenvalue weighted by molar-refractivity contribution is -0.121. The van der Waals surface area contributed by atoms with E-state index in [4.69, 9.17) is 0 Å². The van der Waals surface area contributed by atoms with Crippen LogP contribution in [0.15, 0.2) is 23.1 Å². The van der Waals surface area contributed by atoms with E-state index in [1.54, 1.807) is 11.7 Å². The molecule has 0 unspecified atom stereocenters. The van der Waals surface area contributed by atoms with Gasteiger partial charge in [-0.3, -0.25) is 9.48 Å². The third kappa shape index (κ3) is 4.18. The number of aryl methyl sites for hydroxylation is 2. The Morgan fingerprint density at radius 3 is 2.59 bits per heavy atom. The highest BCUT2D eigenvalue weighted by Gasteiger charge is 2.32. The van der Waals surface area contributed by atoms with Crippen LogP contribution >= 0.6 is 0 Å². The van der Waals surface area contributed by atoms with Crippen LogP contribution in [0.5, 0.6) is 0 Å². The van der Waals surface area contributed by atoms with Gasteiger partial charge in [-0.2, -0.15) is 9.40 Å². The Morgan fingerprint density at radius 2 is 1.93 bits per heavy atom. The van der Waals surface area contributed by atoms with Crippen LogP contribution in [-0.2, 0) is 41.3 Å². The van der Waals surface area contributed by atoms with E-state index in [1.807, 2.05) is 0 Å². The van der Waals surface area contributed by atoms with E-state index in [2.05, 4.69) is 10.4 Å². The highest BCUT2D eigenvalue weighted by atomic mass is 32.2.